The molecule has 1 N–H and O–H groups in total. The second-order valence-electron chi connectivity index (χ2n) is 6.79. The number of imidazole rings is 1. The molecule has 1 aromatic heterocycles. The minimum atomic E-state index is 0.0151. The van der Waals surface area contributed by atoms with Crippen molar-refractivity contribution < 1.29 is 9.59 Å². The van der Waals surface area contributed by atoms with Crippen LogP contribution in [0.25, 0.3) is 11.0 Å². The molecule has 0 saturated carbocycles. The summed E-state index contributed by atoms with van der Waals surface area (Å²) in [4.78, 5) is 30.7. The molecule has 2 aromatic carbocycles. The number of hydrogen-bond donors (Lipinski definition) is 1. The summed E-state index contributed by atoms with van der Waals surface area (Å²) in [6.45, 7) is 3.12. The van der Waals surface area contributed by atoms with Crippen molar-refractivity contribution in [3.8, 4) is 0 Å². The Labute approximate surface area is 165 Å². The molecular formula is C22H26N4O2. The molecule has 0 bridgehead atoms. The van der Waals surface area contributed by atoms with E-state index in [2.05, 4.69) is 10.3 Å². The number of rotatable bonds is 8. The van der Waals surface area contributed by atoms with Crippen molar-refractivity contribution in [3.05, 3.63) is 66.0 Å². The van der Waals surface area contributed by atoms with Crippen molar-refractivity contribution in [2.24, 2.45) is 0 Å². The molecule has 28 heavy (non-hydrogen) atoms. The van der Waals surface area contributed by atoms with Crippen LogP contribution in [0.1, 0.15) is 24.7 Å². The van der Waals surface area contributed by atoms with Crippen molar-refractivity contribution in [1.82, 2.24) is 19.8 Å². The summed E-state index contributed by atoms with van der Waals surface area (Å²) in [5.74, 6) is 0.839. The topological polar surface area (TPSA) is 67.2 Å². The standard InChI is InChI=1S/C22H26N4O2/c1-3-21(27)23-14-13-20-24-18-11-7-8-12-19(18)26(20)16-22(28)25(2)15-17-9-5-4-6-10-17/h4-12H,3,13-16H2,1-2H3,(H,23,27). The van der Waals surface area contributed by atoms with E-state index in [1.165, 1.54) is 0 Å². The van der Waals surface area contributed by atoms with E-state index in [9.17, 15) is 9.59 Å². The van der Waals surface area contributed by atoms with E-state index >= 15 is 0 Å². The number of nitrogens with zero attached hydrogens (tertiary/aromatic N) is 3. The highest BCUT2D eigenvalue weighted by atomic mass is 16.2. The lowest BCUT2D eigenvalue weighted by atomic mass is 10.2. The maximum Gasteiger partial charge on any atom is 0.242 e. The van der Waals surface area contributed by atoms with E-state index in [1.807, 2.05) is 73.1 Å². The van der Waals surface area contributed by atoms with E-state index in [0.717, 1.165) is 22.4 Å². The molecule has 0 aliphatic heterocycles. The molecule has 2 amide bonds. The Balaban J connectivity index is 1.75. The van der Waals surface area contributed by atoms with E-state index in [1.54, 1.807) is 4.90 Å². The van der Waals surface area contributed by atoms with Gasteiger partial charge in [0.1, 0.15) is 12.4 Å². The van der Waals surface area contributed by atoms with Crippen molar-refractivity contribution in [3.63, 3.8) is 0 Å². The van der Waals surface area contributed by atoms with Gasteiger partial charge < -0.3 is 14.8 Å². The second kappa shape index (κ2) is 9.17. The average Bonchev–Trinajstić information content (AvgIpc) is 3.06. The molecule has 0 fully saturated rings. The van der Waals surface area contributed by atoms with Crippen LogP contribution in [-0.2, 0) is 29.1 Å². The quantitative estimate of drug-likeness (QED) is 0.655. The zero-order chi connectivity index (χ0) is 19.9. The number of para-hydroxylation sites is 2. The van der Waals surface area contributed by atoms with Crippen LogP contribution in [0.3, 0.4) is 0 Å². The lowest BCUT2D eigenvalue weighted by Crippen LogP contribution is -2.31. The van der Waals surface area contributed by atoms with Crippen LogP contribution in [0.4, 0.5) is 0 Å². The summed E-state index contributed by atoms with van der Waals surface area (Å²) in [5.41, 5.74) is 2.88. The molecule has 6 nitrogen and oxygen atoms in total. The Bertz CT molecular complexity index is 950. The number of nitrogens with one attached hydrogen (secondary N) is 1. The molecule has 0 aliphatic rings. The molecule has 1 heterocycles. The lowest BCUT2D eigenvalue weighted by Gasteiger charge is -2.19. The van der Waals surface area contributed by atoms with E-state index in [-0.39, 0.29) is 18.4 Å². The Hall–Kier alpha value is -3.15. The predicted octanol–water partition coefficient (Wildman–Crippen LogP) is 2.76. The van der Waals surface area contributed by atoms with Crippen LogP contribution in [0, 0.1) is 0 Å². The van der Waals surface area contributed by atoms with Gasteiger partial charge in [0.15, 0.2) is 0 Å². The Morgan fingerprint density at radius 3 is 2.54 bits per heavy atom. The molecule has 0 atom stereocenters. The smallest absolute Gasteiger partial charge is 0.242 e. The maximum absolute atomic E-state index is 12.8. The molecule has 146 valence electrons. The third-order valence-electron chi connectivity index (χ3n) is 4.71. The van der Waals surface area contributed by atoms with E-state index in [0.29, 0.717) is 25.9 Å². The van der Waals surface area contributed by atoms with Crippen LogP contribution in [0.15, 0.2) is 54.6 Å². The fraction of sp³-hybridized carbons (Fsp3) is 0.318. The van der Waals surface area contributed by atoms with Crippen molar-refractivity contribution in [2.75, 3.05) is 13.6 Å². The zero-order valence-electron chi connectivity index (χ0n) is 16.4. The first-order valence-corrected chi connectivity index (χ1v) is 9.57. The van der Waals surface area contributed by atoms with Gasteiger partial charge in [-0.25, -0.2) is 4.98 Å². The first-order valence-electron chi connectivity index (χ1n) is 9.57. The number of likely N-dealkylation sites (N-methyl/N-ethyl adjacent to an activating group) is 1. The molecule has 0 saturated heterocycles. The molecule has 3 rings (SSSR count). The summed E-state index contributed by atoms with van der Waals surface area (Å²) in [6, 6.07) is 17.7. The van der Waals surface area contributed by atoms with Gasteiger partial charge in [-0.15, -0.1) is 0 Å². The SMILES string of the molecule is CCC(=O)NCCc1nc2ccccc2n1CC(=O)N(C)Cc1ccccc1. The summed E-state index contributed by atoms with van der Waals surface area (Å²) in [5, 5.41) is 2.87. The van der Waals surface area contributed by atoms with Crippen LogP contribution in [0.5, 0.6) is 0 Å². The van der Waals surface area contributed by atoms with Gasteiger partial charge in [0.25, 0.3) is 0 Å². The number of benzene rings is 2. The summed E-state index contributed by atoms with van der Waals surface area (Å²) < 4.78 is 1.96. The average molecular weight is 378 g/mol. The molecule has 0 aliphatic carbocycles. The van der Waals surface area contributed by atoms with Crippen molar-refractivity contribution in [2.45, 2.75) is 32.9 Å². The Kier molecular flexibility index (Phi) is 6.42. The van der Waals surface area contributed by atoms with E-state index < -0.39 is 0 Å². The first kappa shape index (κ1) is 19.6. The zero-order valence-corrected chi connectivity index (χ0v) is 16.4. The Morgan fingerprint density at radius 1 is 1.07 bits per heavy atom. The van der Waals surface area contributed by atoms with Crippen molar-refractivity contribution in [1.29, 1.82) is 0 Å². The monoisotopic (exact) mass is 378 g/mol. The van der Waals surface area contributed by atoms with Gasteiger partial charge in [0, 0.05) is 33.0 Å². The van der Waals surface area contributed by atoms with Crippen LogP contribution in [0.2, 0.25) is 0 Å². The summed E-state index contributed by atoms with van der Waals surface area (Å²) >= 11 is 0. The second-order valence-corrected chi connectivity index (χ2v) is 6.79. The predicted molar refractivity (Wildman–Crippen MR) is 110 cm³/mol. The molecule has 0 spiro atoms. The molecular weight excluding hydrogens is 352 g/mol. The third kappa shape index (κ3) is 4.76. The first-order chi connectivity index (χ1) is 13.6. The molecule has 3 aromatic rings. The van der Waals surface area contributed by atoms with Gasteiger partial charge in [0.05, 0.1) is 11.0 Å². The lowest BCUT2D eigenvalue weighted by molar-refractivity contribution is -0.131. The normalized spacial score (nSPS) is 10.8. The number of fused-ring (bicyclic) bond motifs is 1. The van der Waals surface area contributed by atoms with E-state index in [4.69, 9.17) is 0 Å². The van der Waals surface area contributed by atoms with Gasteiger partial charge in [-0.05, 0) is 17.7 Å². The number of carbonyl (C=O) groups is 2. The molecule has 0 unspecified atom stereocenters. The van der Waals surface area contributed by atoms with Gasteiger partial charge in [-0.3, -0.25) is 9.59 Å². The fourth-order valence-electron chi connectivity index (χ4n) is 3.13. The fourth-order valence-corrected chi connectivity index (χ4v) is 3.13. The number of carbonyl (C=O) groups excluding carboxylic acids is 2. The minimum Gasteiger partial charge on any atom is -0.356 e. The maximum atomic E-state index is 12.8. The number of aromatic nitrogens is 2. The van der Waals surface area contributed by atoms with Gasteiger partial charge in [-0.2, -0.15) is 0 Å². The van der Waals surface area contributed by atoms with Crippen LogP contribution >= 0.6 is 0 Å². The highest BCUT2D eigenvalue weighted by molar-refractivity contribution is 5.81. The van der Waals surface area contributed by atoms with Gasteiger partial charge in [0.2, 0.25) is 11.8 Å². The van der Waals surface area contributed by atoms with Crippen LogP contribution in [-0.4, -0.2) is 39.9 Å². The van der Waals surface area contributed by atoms with Crippen LogP contribution < -0.4 is 5.32 Å². The summed E-state index contributed by atoms with van der Waals surface area (Å²) in [7, 11) is 1.82. The third-order valence-corrected chi connectivity index (χ3v) is 4.71. The van der Waals surface area contributed by atoms with Gasteiger partial charge in [-0.1, -0.05) is 49.4 Å². The highest BCUT2D eigenvalue weighted by Gasteiger charge is 2.16. The van der Waals surface area contributed by atoms with Gasteiger partial charge >= 0.3 is 0 Å². The Morgan fingerprint density at radius 2 is 1.79 bits per heavy atom. The summed E-state index contributed by atoms with van der Waals surface area (Å²) in [6.07, 6.45) is 1.04. The highest BCUT2D eigenvalue weighted by Crippen LogP contribution is 2.17. The molecule has 0 radical (unpaired) electrons. The number of amides is 2. The minimum absolute atomic E-state index is 0.0151. The largest absolute Gasteiger partial charge is 0.356 e. The van der Waals surface area contributed by atoms with Crippen molar-refractivity contribution >= 4 is 22.8 Å². The number of hydrogen-bond acceptors (Lipinski definition) is 3. The molecule has 6 heteroatoms.